The van der Waals surface area contributed by atoms with E-state index in [1.165, 1.54) is 0 Å². The first-order valence-corrected chi connectivity index (χ1v) is 6.73. The first-order chi connectivity index (χ1) is 8.80. The summed E-state index contributed by atoms with van der Waals surface area (Å²) in [4.78, 5) is 24.9. The molecule has 6 heteroatoms. The highest BCUT2D eigenvalue weighted by Crippen LogP contribution is 2.29. The average molecular weight is 270 g/mol. The number of carbonyl (C=O) groups is 2. The second-order valence-electron chi connectivity index (χ2n) is 6.26. The van der Waals surface area contributed by atoms with Crippen molar-refractivity contribution in [3.05, 3.63) is 0 Å². The number of carbonyl (C=O) groups excluding carboxylic acids is 2. The number of hydrogen-bond donors (Lipinski definition) is 1. The summed E-state index contributed by atoms with van der Waals surface area (Å²) in [5, 5.41) is 2.90. The van der Waals surface area contributed by atoms with Crippen molar-refractivity contribution < 1.29 is 19.1 Å². The molecule has 19 heavy (non-hydrogen) atoms. The van der Waals surface area contributed by atoms with Gasteiger partial charge >= 0.3 is 12.2 Å². The Balaban J connectivity index is 1.88. The summed E-state index contributed by atoms with van der Waals surface area (Å²) in [5.41, 5.74) is -0.674. The molecule has 0 saturated carbocycles. The summed E-state index contributed by atoms with van der Waals surface area (Å²) < 4.78 is 10.2. The number of rotatable bonds is 0. The standard InChI is InChI=1S/C13H22N2O4/c1-12(2,3)19-11(17)15-7-4-13(5-8-15)6-9-18-10(16)14-13/h4-9H2,1-3H3,(H,14,16). The molecule has 2 saturated heterocycles. The van der Waals surface area contributed by atoms with Gasteiger partial charge in [0.15, 0.2) is 0 Å². The Kier molecular flexibility index (Phi) is 3.60. The highest BCUT2D eigenvalue weighted by molar-refractivity contribution is 5.70. The molecule has 0 aromatic rings. The predicted molar refractivity (Wildman–Crippen MR) is 68.9 cm³/mol. The van der Waals surface area contributed by atoms with Crippen LogP contribution in [0.2, 0.25) is 0 Å². The summed E-state index contributed by atoms with van der Waals surface area (Å²) >= 11 is 0. The van der Waals surface area contributed by atoms with Gasteiger partial charge in [-0.05, 0) is 33.6 Å². The fourth-order valence-electron chi connectivity index (χ4n) is 2.47. The Morgan fingerprint density at radius 2 is 1.95 bits per heavy atom. The van der Waals surface area contributed by atoms with Gasteiger partial charge in [-0.3, -0.25) is 0 Å². The molecule has 0 atom stereocenters. The molecule has 2 heterocycles. The van der Waals surface area contributed by atoms with E-state index in [4.69, 9.17) is 9.47 Å². The van der Waals surface area contributed by atoms with Crippen LogP contribution in [0.1, 0.15) is 40.0 Å². The molecule has 1 N–H and O–H groups in total. The Bertz CT molecular complexity index is 367. The largest absolute Gasteiger partial charge is 0.449 e. The number of nitrogens with one attached hydrogen (secondary N) is 1. The Hall–Kier alpha value is -1.46. The monoisotopic (exact) mass is 270 g/mol. The zero-order valence-corrected chi connectivity index (χ0v) is 11.8. The SMILES string of the molecule is CC(C)(C)OC(=O)N1CCC2(CCOC(=O)N2)CC1. The van der Waals surface area contributed by atoms with E-state index in [9.17, 15) is 9.59 Å². The highest BCUT2D eigenvalue weighted by Gasteiger charge is 2.40. The van der Waals surface area contributed by atoms with Gasteiger partial charge in [-0.15, -0.1) is 0 Å². The first kappa shape index (κ1) is 14.0. The third-order valence-corrected chi connectivity index (χ3v) is 3.55. The molecule has 0 bridgehead atoms. The molecular formula is C13H22N2O4. The number of amides is 2. The molecule has 2 aliphatic rings. The molecule has 0 radical (unpaired) electrons. The lowest BCUT2D eigenvalue weighted by Gasteiger charge is -2.44. The Morgan fingerprint density at radius 1 is 1.32 bits per heavy atom. The number of nitrogens with zero attached hydrogens (tertiary/aromatic N) is 1. The lowest BCUT2D eigenvalue weighted by atomic mass is 9.84. The maximum atomic E-state index is 11.9. The molecule has 2 fully saturated rings. The van der Waals surface area contributed by atoms with Crippen LogP contribution in [-0.4, -0.2) is 47.9 Å². The topological polar surface area (TPSA) is 67.9 Å². The van der Waals surface area contributed by atoms with Crippen LogP contribution in [0.25, 0.3) is 0 Å². The smallest absolute Gasteiger partial charge is 0.410 e. The van der Waals surface area contributed by atoms with E-state index in [-0.39, 0.29) is 17.7 Å². The van der Waals surface area contributed by atoms with E-state index in [2.05, 4.69) is 5.32 Å². The molecule has 2 amide bonds. The number of piperidine rings is 1. The summed E-state index contributed by atoms with van der Waals surface area (Å²) in [6.07, 6.45) is 1.68. The molecular weight excluding hydrogens is 248 g/mol. The molecule has 6 nitrogen and oxygen atoms in total. The third kappa shape index (κ3) is 3.52. The molecule has 1 spiro atoms. The van der Waals surface area contributed by atoms with Crippen molar-refractivity contribution in [1.82, 2.24) is 10.2 Å². The van der Waals surface area contributed by atoms with E-state index in [1.807, 2.05) is 20.8 Å². The van der Waals surface area contributed by atoms with Crippen LogP contribution < -0.4 is 5.32 Å². The summed E-state index contributed by atoms with van der Waals surface area (Å²) in [6.45, 7) is 7.24. The van der Waals surface area contributed by atoms with Gasteiger partial charge in [-0.1, -0.05) is 0 Å². The van der Waals surface area contributed by atoms with Crippen molar-refractivity contribution in [3.63, 3.8) is 0 Å². The fourth-order valence-corrected chi connectivity index (χ4v) is 2.47. The minimum absolute atomic E-state index is 0.201. The number of cyclic esters (lactones) is 1. The van der Waals surface area contributed by atoms with Crippen LogP contribution in [0.5, 0.6) is 0 Å². The van der Waals surface area contributed by atoms with Crippen molar-refractivity contribution >= 4 is 12.2 Å². The van der Waals surface area contributed by atoms with E-state index >= 15 is 0 Å². The summed E-state index contributed by atoms with van der Waals surface area (Å²) in [5.74, 6) is 0. The normalized spacial score (nSPS) is 22.7. The van der Waals surface area contributed by atoms with Crippen molar-refractivity contribution in [3.8, 4) is 0 Å². The van der Waals surface area contributed by atoms with Crippen molar-refractivity contribution in [2.75, 3.05) is 19.7 Å². The van der Waals surface area contributed by atoms with Gasteiger partial charge in [-0.2, -0.15) is 0 Å². The Morgan fingerprint density at radius 3 is 2.47 bits per heavy atom. The van der Waals surface area contributed by atoms with Gasteiger partial charge in [0.1, 0.15) is 5.60 Å². The van der Waals surface area contributed by atoms with E-state index in [1.54, 1.807) is 4.90 Å². The van der Waals surface area contributed by atoms with Crippen LogP contribution in [-0.2, 0) is 9.47 Å². The zero-order chi connectivity index (χ0) is 14.1. The van der Waals surface area contributed by atoms with E-state index < -0.39 is 5.60 Å². The van der Waals surface area contributed by atoms with Gasteiger partial charge in [-0.25, -0.2) is 9.59 Å². The van der Waals surface area contributed by atoms with Crippen molar-refractivity contribution in [2.24, 2.45) is 0 Å². The van der Waals surface area contributed by atoms with Gasteiger partial charge < -0.3 is 19.7 Å². The lowest BCUT2D eigenvalue weighted by Crippen LogP contribution is -2.59. The summed E-state index contributed by atoms with van der Waals surface area (Å²) in [7, 11) is 0. The highest BCUT2D eigenvalue weighted by atomic mass is 16.6. The molecule has 2 aliphatic heterocycles. The first-order valence-electron chi connectivity index (χ1n) is 6.73. The second kappa shape index (κ2) is 4.90. The molecule has 0 aromatic heterocycles. The van der Waals surface area contributed by atoms with Crippen LogP contribution in [0.4, 0.5) is 9.59 Å². The van der Waals surface area contributed by atoms with Crippen LogP contribution in [0.15, 0.2) is 0 Å². The maximum Gasteiger partial charge on any atom is 0.410 e. The molecule has 0 unspecified atom stereocenters. The maximum absolute atomic E-state index is 11.9. The Labute approximate surface area is 113 Å². The van der Waals surface area contributed by atoms with E-state index in [0.717, 1.165) is 19.3 Å². The van der Waals surface area contributed by atoms with Crippen molar-refractivity contribution in [1.29, 1.82) is 0 Å². The predicted octanol–water partition coefficient (Wildman–Crippen LogP) is 1.89. The number of alkyl carbamates (subject to hydrolysis) is 1. The van der Waals surface area contributed by atoms with Crippen LogP contribution in [0.3, 0.4) is 0 Å². The fraction of sp³-hybridized carbons (Fsp3) is 0.846. The number of likely N-dealkylation sites (tertiary alicyclic amines) is 1. The van der Waals surface area contributed by atoms with Gasteiger partial charge in [0.25, 0.3) is 0 Å². The summed E-state index contributed by atoms with van der Waals surface area (Å²) in [6, 6.07) is 0. The van der Waals surface area contributed by atoms with Gasteiger partial charge in [0.2, 0.25) is 0 Å². The minimum atomic E-state index is -0.473. The second-order valence-corrected chi connectivity index (χ2v) is 6.26. The van der Waals surface area contributed by atoms with Crippen LogP contribution in [0, 0.1) is 0 Å². The van der Waals surface area contributed by atoms with E-state index in [0.29, 0.717) is 19.7 Å². The molecule has 2 rings (SSSR count). The van der Waals surface area contributed by atoms with Crippen molar-refractivity contribution in [2.45, 2.75) is 51.2 Å². The number of ether oxygens (including phenoxy) is 2. The third-order valence-electron chi connectivity index (χ3n) is 3.55. The van der Waals surface area contributed by atoms with Crippen LogP contribution >= 0.6 is 0 Å². The quantitative estimate of drug-likeness (QED) is 0.730. The molecule has 108 valence electrons. The average Bonchev–Trinajstić information content (AvgIpc) is 2.27. The molecule has 0 aliphatic carbocycles. The molecule has 0 aromatic carbocycles. The number of hydrogen-bond acceptors (Lipinski definition) is 4. The lowest BCUT2D eigenvalue weighted by molar-refractivity contribution is 0.00820. The zero-order valence-electron chi connectivity index (χ0n) is 11.8. The van der Waals surface area contributed by atoms with Gasteiger partial charge in [0, 0.05) is 25.0 Å². The van der Waals surface area contributed by atoms with Gasteiger partial charge in [0.05, 0.1) is 6.61 Å². The minimum Gasteiger partial charge on any atom is -0.449 e.